The molecule has 5 atom stereocenters. The maximum absolute atomic E-state index is 12.0. The summed E-state index contributed by atoms with van der Waals surface area (Å²) in [4.78, 5) is 22.9. The smallest absolute Gasteiger partial charge is 0.482 e. The number of hydrogen-bond acceptors (Lipinski definition) is 7. The summed E-state index contributed by atoms with van der Waals surface area (Å²) in [5, 5.41) is 27.5. The van der Waals surface area contributed by atoms with Gasteiger partial charge in [-0.25, -0.2) is 9.59 Å². The SMILES string of the molecule is C[C@H](O)CC[C@@H]1[C@H]2Cc3cccc(OCC(=O)O)c3C[C@H]2C[C@H]1OC(=O)OCCO. The summed E-state index contributed by atoms with van der Waals surface area (Å²) in [5.41, 5.74) is 2.16. The van der Waals surface area contributed by atoms with Crippen LogP contribution in [-0.4, -0.2) is 59.5 Å². The molecule has 3 rings (SSSR count). The van der Waals surface area contributed by atoms with Crippen molar-refractivity contribution in [1.82, 2.24) is 0 Å². The number of aliphatic hydroxyl groups is 2. The fourth-order valence-corrected chi connectivity index (χ4v) is 4.91. The van der Waals surface area contributed by atoms with Gasteiger partial charge < -0.3 is 29.5 Å². The number of benzene rings is 1. The molecule has 0 heterocycles. The lowest BCUT2D eigenvalue weighted by Gasteiger charge is -2.32. The molecule has 1 aromatic rings. The van der Waals surface area contributed by atoms with Crippen LogP contribution in [0.4, 0.5) is 4.79 Å². The molecule has 8 nitrogen and oxygen atoms in total. The number of aliphatic hydroxyl groups excluding tert-OH is 2. The van der Waals surface area contributed by atoms with Gasteiger partial charge in [0.15, 0.2) is 6.61 Å². The van der Waals surface area contributed by atoms with Crippen LogP contribution in [0.1, 0.15) is 37.3 Å². The zero-order valence-corrected chi connectivity index (χ0v) is 17.2. The molecule has 166 valence electrons. The quantitative estimate of drug-likeness (QED) is 0.518. The van der Waals surface area contributed by atoms with Crippen molar-refractivity contribution in [2.45, 2.75) is 51.2 Å². The Kier molecular flexibility index (Phi) is 7.55. The summed E-state index contributed by atoms with van der Waals surface area (Å²) in [5.74, 6) is 0.238. The van der Waals surface area contributed by atoms with E-state index >= 15 is 0 Å². The highest BCUT2D eigenvalue weighted by molar-refractivity contribution is 5.68. The number of carboxylic acids is 1. The molecule has 1 aromatic carbocycles. The first-order valence-corrected chi connectivity index (χ1v) is 10.5. The lowest BCUT2D eigenvalue weighted by Crippen LogP contribution is -2.30. The van der Waals surface area contributed by atoms with Crippen molar-refractivity contribution in [1.29, 1.82) is 0 Å². The molecule has 8 heteroatoms. The maximum Gasteiger partial charge on any atom is 0.508 e. The van der Waals surface area contributed by atoms with E-state index in [2.05, 4.69) is 0 Å². The van der Waals surface area contributed by atoms with E-state index in [-0.39, 0.29) is 37.8 Å². The van der Waals surface area contributed by atoms with Gasteiger partial charge in [0.2, 0.25) is 0 Å². The van der Waals surface area contributed by atoms with Crippen LogP contribution < -0.4 is 4.74 Å². The minimum absolute atomic E-state index is 0.100. The topological polar surface area (TPSA) is 123 Å². The highest BCUT2D eigenvalue weighted by atomic mass is 16.7. The molecule has 0 aromatic heterocycles. The molecule has 1 saturated carbocycles. The predicted octanol–water partition coefficient (Wildman–Crippen LogP) is 2.18. The molecule has 0 bridgehead atoms. The molecular formula is C22H30O8. The van der Waals surface area contributed by atoms with Crippen LogP contribution in [0.5, 0.6) is 5.75 Å². The number of hydrogen-bond donors (Lipinski definition) is 3. The Morgan fingerprint density at radius 3 is 2.77 bits per heavy atom. The lowest BCUT2D eigenvalue weighted by molar-refractivity contribution is -0.139. The molecule has 3 N–H and O–H groups in total. The van der Waals surface area contributed by atoms with E-state index in [9.17, 15) is 14.7 Å². The Balaban J connectivity index is 1.76. The van der Waals surface area contributed by atoms with Gasteiger partial charge in [-0.1, -0.05) is 12.1 Å². The summed E-state index contributed by atoms with van der Waals surface area (Å²) in [6.07, 6.45) is 2.02. The number of carboxylic acid groups (broad SMARTS) is 1. The third kappa shape index (κ3) is 5.43. The molecule has 2 aliphatic carbocycles. The van der Waals surface area contributed by atoms with E-state index in [4.69, 9.17) is 24.4 Å². The van der Waals surface area contributed by atoms with Crippen molar-refractivity contribution < 1.29 is 39.1 Å². The number of rotatable bonds is 9. The van der Waals surface area contributed by atoms with Crippen molar-refractivity contribution in [2.75, 3.05) is 19.8 Å². The minimum atomic E-state index is -1.02. The van der Waals surface area contributed by atoms with Crippen LogP contribution in [-0.2, 0) is 27.1 Å². The molecule has 0 unspecified atom stereocenters. The molecule has 1 fully saturated rings. The molecular weight excluding hydrogens is 392 g/mol. The standard InChI is InChI=1S/C22H30O8/c1-13(24)5-6-16-17-9-14-3-2-4-19(29-12-21(25)26)18(14)10-15(17)11-20(16)30-22(27)28-8-7-23/h2-4,13,15-17,20,23-24H,5-12H2,1H3,(H,25,26)/t13-,15-,16+,17-,20+/m0/s1. The van der Waals surface area contributed by atoms with E-state index in [1.807, 2.05) is 12.1 Å². The third-order valence-corrected chi connectivity index (χ3v) is 6.15. The first kappa shape index (κ1) is 22.4. The number of carbonyl (C=O) groups excluding carboxylic acids is 1. The Hall–Kier alpha value is -2.32. The zero-order chi connectivity index (χ0) is 21.7. The summed E-state index contributed by atoms with van der Waals surface area (Å²) < 4.78 is 16.0. The van der Waals surface area contributed by atoms with E-state index < -0.39 is 18.2 Å². The van der Waals surface area contributed by atoms with Crippen LogP contribution in [0.3, 0.4) is 0 Å². The summed E-state index contributed by atoms with van der Waals surface area (Å²) in [6, 6.07) is 5.70. The lowest BCUT2D eigenvalue weighted by atomic mass is 9.73. The van der Waals surface area contributed by atoms with Crippen LogP contribution in [0.15, 0.2) is 18.2 Å². The van der Waals surface area contributed by atoms with Crippen molar-refractivity contribution >= 4 is 12.1 Å². The molecule has 0 aliphatic heterocycles. The number of fused-ring (bicyclic) bond motifs is 2. The second-order valence-electron chi connectivity index (χ2n) is 8.21. The normalized spacial score (nSPS) is 25.7. The third-order valence-electron chi connectivity index (χ3n) is 6.15. The van der Waals surface area contributed by atoms with Gasteiger partial charge in [0.1, 0.15) is 18.5 Å². The second kappa shape index (κ2) is 10.1. The van der Waals surface area contributed by atoms with Crippen LogP contribution in [0.2, 0.25) is 0 Å². The Labute approximate surface area is 175 Å². The molecule has 0 saturated heterocycles. The average molecular weight is 422 g/mol. The number of ether oxygens (including phenoxy) is 3. The average Bonchev–Trinajstić information content (AvgIpc) is 3.03. The molecule has 2 aliphatic rings. The Morgan fingerprint density at radius 2 is 2.07 bits per heavy atom. The fraction of sp³-hybridized carbons (Fsp3) is 0.636. The summed E-state index contributed by atoms with van der Waals surface area (Å²) >= 11 is 0. The largest absolute Gasteiger partial charge is 0.508 e. The highest BCUT2D eigenvalue weighted by Crippen LogP contribution is 2.49. The fourth-order valence-electron chi connectivity index (χ4n) is 4.91. The van der Waals surface area contributed by atoms with Gasteiger partial charge in [-0.2, -0.15) is 0 Å². The van der Waals surface area contributed by atoms with E-state index in [1.165, 1.54) is 0 Å². The van der Waals surface area contributed by atoms with Crippen molar-refractivity contribution in [3.63, 3.8) is 0 Å². The van der Waals surface area contributed by atoms with Crippen molar-refractivity contribution in [2.24, 2.45) is 17.8 Å². The van der Waals surface area contributed by atoms with Gasteiger partial charge in [0, 0.05) is 0 Å². The van der Waals surface area contributed by atoms with Gasteiger partial charge in [0.05, 0.1) is 12.7 Å². The highest BCUT2D eigenvalue weighted by Gasteiger charge is 2.47. The van der Waals surface area contributed by atoms with Crippen LogP contribution >= 0.6 is 0 Å². The van der Waals surface area contributed by atoms with Gasteiger partial charge in [-0.05, 0) is 74.0 Å². The number of carbonyl (C=O) groups is 2. The van der Waals surface area contributed by atoms with E-state index in [1.54, 1.807) is 13.0 Å². The minimum Gasteiger partial charge on any atom is -0.482 e. The van der Waals surface area contributed by atoms with Gasteiger partial charge in [0.25, 0.3) is 0 Å². The molecule has 0 spiro atoms. The van der Waals surface area contributed by atoms with E-state index in [0.717, 1.165) is 30.4 Å². The monoisotopic (exact) mass is 422 g/mol. The molecule has 0 amide bonds. The van der Waals surface area contributed by atoms with Crippen LogP contribution in [0, 0.1) is 17.8 Å². The first-order valence-electron chi connectivity index (χ1n) is 10.5. The van der Waals surface area contributed by atoms with Crippen molar-refractivity contribution in [3.8, 4) is 5.75 Å². The van der Waals surface area contributed by atoms with Crippen molar-refractivity contribution in [3.05, 3.63) is 29.3 Å². The van der Waals surface area contributed by atoms with Crippen LogP contribution in [0.25, 0.3) is 0 Å². The Bertz CT molecular complexity index is 747. The Morgan fingerprint density at radius 1 is 1.27 bits per heavy atom. The van der Waals surface area contributed by atoms with Gasteiger partial charge in [-0.3, -0.25) is 0 Å². The summed E-state index contributed by atoms with van der Waals surface area (Å²) in [7, 11) is 0. The predicted molar refractivity (Wildman–Crippen MR) is 106 cm³/mol. The zero-order valence-electron chi connectivity index (χ0n) is 17.2. The second-order valence-corrected chi connectivity index (χ2v) is 8.21. The maximum atomic E-state index is 12.0. The first-order chi connectivity index (χ1) is 14.4. The molecule has 30 heavy (non-hydrogen) atoms. The van der Waals surface area contributed by atoms with Gasteiger partial charge >= 0.3 is 12.1 Å². The van der Waals surface area contributed by atoms with Gasteiger partial charge in [-0.15, -0.1) is 0 Å². The summed E-state index contributed by atoms with van der Waals surface area (Å²) in [6.45, 7) is 1.00. The number of aliphatic carboxylic acids is 1. The molecule has 0 radical (unpaired) electrons. The van der Waals surface area contributed by atoms with E-state index in [0.29, 0.717) is 24.5 Å².